The molecule has 0 spiro atoms. The molecular formula is C24H23ClF6N2O2. The van der Waals surface area contributed by atoms with E-state index >= 15 is 0 Å². The van der Waals surface area contributed by atoms with Gasteiger partial charge in [-0.3, -0.25) is 9.69 Å². The van der Waals surface area contributed by atoms with Gasteiger partial charge in [-0.15, -0.1) is 0 Å². The number of morpholine rings is 1. The lowest BCUT2D eigenvalue weighted by atomic mass is 9.84. The van der Waals surface area contributed by atoms with E-state index in [1.54, 1.807) is 18.2 Å². The molecule has 35 heavy (non-hydrogen) atoms. The van der Waals surface area contributed by atoms with Gasteiger partial charge in [0, 0.05) is 48.7 Å². The van der Waals surface area contributed by atoms with Crippen LogP contribution in [0, 0.1) is 0 Å². The number of alkyl halides is 6. The minimum Gasteiger partial charge on any atom is -0.379 e. The standard InChI is InChI=1S/C24H23ClF6N2O2/c25-20-4-2-1-3-18(20)19-14-33(6-5-21(19)32-7-9-35-10-8-32)22(34)15-11-16(23(26,27)28)13-17(12-15)24(29,30)31/h1-4,11-13,19,21H,5-10,14H2/t19-,21-/m0/s1. The number of rotatable bonds is 3. The van der Waals surface area contributed by atoms with Crippen molar-refractivity contribution in [3.05, 3.63) is 69.7 Å². The average Bonchev–Trinajstić information content (AvgIpc) is 2.83. The molecule has 0 aliphatic carbocycles. The number of likely N-dealkylation sites (tertiary alicyclic amines) is 1. The van der Waals surface area contributed by atoms with Gasteiger partial charge in [-0.2, -0.15) is 26.3 Å². The van der Waals surface area contributed by atoms with Crippen molar-refractivity contribution in [3.8, 4) is 0 Å². The lowest BCUT2D eigenvalue weighted by Crippen LogP contribution is -2.54. The van der Waals surface area contributed by atoms with Crippen LogP contribution in [0.25, 0.3) is 0 Å². The summed E-state index contributed by atoms with van der Waals surface area (Å²) in [4.78, 5) is 16.8. The van der Waals surface area contributed by atoms with E-state index in [1.807, 2.05) is 6.07 Å². The number of amides is 1. The number of piperidine rings is 1. The highest BCUT2D eigenvalue weighted by molar-refractivity contribution is 6.31. The summed E-state index contributed by atoms with van der Waals surface area (Å²) in [7, 11) is 0. The molecule has 2 heterocycles. The number of hydrogen-bond acceptors (Lipinski definition) is 3. The summed E-state index contributed by atoms with van der Waals surface area (Å²) in [5, 5.41) is 0.489. The number of halogens is 7. The predicted octanol–water partition coefficient (Wildman–Crippen LogP) is 5.71. The van der Waals surface area contributed by atoms with Crippen molar-refractivity contribution in [2.24, 2.45) is 0 Å². The Morgan fingerprint density at radius 2 is 1.51 bits per heavy atom. The molecule has 2 fully saturated rings. The van der Waals surface area contributed by atoms with E-state index in [4.69, 9.17) is 16.3 Å². The van der Waals surface area contributed by atoms with E-state index in [9.17, 15) is 31.1 Å². The van der Waals surface area contributed by atoms with Crippen LogP contribution in [0.5, 0.6) is 0 Å². The minimum atomic E-state index is -5.03. The van der Waals surface area contributed by atoms with Crippen molar-refractivity contribution >= 4 is 17.5 Å². The Labute approximate surface area is 203 Å². The maximum absolute atomic E-state index is 13.3. The first-order chi connectivity index (χ1) is 16.4. The molecule has 0 aromatic heterocycles. The molecule has 4 nitrogen and oxygen atoms in total. The predicted molar refractivity (Wildman–Crippen MR) is 117 cm³/mol. The zero-order valence-electron chi connectivity index (χ0n) is 18.5. The highest BCUT2D eigenvalue weighted by Gasteiger charge is 2.40. The summed E-state index contributed by atoms with van der Waals surface area (Å²) in [5.74, 6) is -1.15. The van der Waals surface area contributed by atoms with Gasteiger partial charge in [-0.25, -0.2) is 0 Å². The second-order valence-corrected chi connectivity index (χ2v) is 9.09. The van der Waals surface area contributed by atoms with Crippen molar-refractivity contribution in [2.75, 3.05) is 39.4 Å². The topological polar surface area (TPSA) is 32.8 Å². The van der Waals surface area contributed by atoms with Crippen LogP contribution in [0.15, 0.2) is 42.5 Å². The minimum absolute atomic E-state index is 0.00454. The van der Waals surface area contributed by atoms with E-state index in [0.29, 0.717) is 49.9 Å². The Balaban J connectivity index is 1.67. The Bertz CT molecular complexity index is 1040. The SMILES string of the molecule is O=C(c1cc(C(F)(F)F)cc(C(F)(F)F)c1)N1CC[C@H](N2CCOCC2)[C@H](c2ccccc2Cl)C1. The fourth-order valence-electron chi connectivity index (χ4n) is 4.81. The monoisotopic (exact) mass is 520 g/mol. The second kappa shape index (κ2) is 9.99. The number of nitrogens with zero attached hydrogens (tertiary/aromatic N) is 2. The van der Waals surface area contributed by atoms with E-state index in [0.717, 1.165) is 5.56 Å². The van der Waals surface area contributed by atoms with Gasteiger partial charge in [0.15, 0.2) is 0 Å². The Morgan fingerprint density at radius 3 is 2.09 bits per heavy atom. The first-order valence-corrected chi connectivity index (χ1v) is 11.5. The van der Waals surface area contributed by atoms with E-state index < -0.39 is 35.0 Å². The molecule has 1 amide bonds. The van der Waals surface area contributed by atoms with Gasteiger partial charge in [0.1, 0.15) is 0 Å². The van der Waals surface area contributed by atoms with Gasteiger partial charge in [0.05, 0.1) is 24.3 Å². The van der Waals surface area contributed by atoms with Gasteiger partial charge in [-0.05, 0) is 36.2 Å². The fourth-order valence-corrected chi connectivity index (χ4v) is 5.09. The Morgan fingerprint density at radius 1 is 0.914 bits per heavy atom. The molecule has 190 valence electrons. The first kappa shape index (κ1) is 25.8. The third kappa shape index (κ3) is 5.76. The molecule has 0 N–H and O–H groups in total. The highest BCUT2D eigenvalue weighted by atomic mass is 35.5. The molecule has 2 aliphatic heterocycles. The zero-order chi connectivity index (χ0) is 25.4. The molecule has 0 bridgehead atoms. The van der Waals surface area contributed by atoms with Crippen LogP contribution in [-0.4, -0.2) is 61.1 Å². The molecule has 2 atom stereocenters. The van der Waals surface area contributed by atoms with Gasteiger partial charge in [-0.1, -0.05) is 29.8 Å². The number of hydrogen-bond donors (Lipinski definition) is 0. The van der Waals surface area contributed by atoms with Gasteiger partial charge >= 0.3 is 12.4 Å². The fraction of sp³-hybridized carbons (Fsp3) is 0.458. The second-order valence-electron chi connectivity index (χ2n) is 8.68. The molecule has 0 saturated carbocycles. The van der Waals surface area contributed by atoms with E-state index in [-0.39, 0.29) is 31.1 Å². The highest BCUT2D eigenvalue weighted by Crippen LogP contribution is 2.38. The van der Waals surface area contributed by atoms with Crippen LogP contribution in [-0.2, 0) is 17.1 Å². The quantitative estimate of drug-likeness (QED) is 0.486. The summed E-state index contributed by atoms with van der Waals surface area (Å²) in [6, 6.07) is 8.11. The summed E-state index contributed by atoms with van der Waals surface area (Å²) >= 11 is 6.45. The Hall–Kier alpha value is -2.30. The molecule has 0 radical (unpaired) electrons. The largest absolute Gasteiger partial charge is 0.416 e. The number of carbonyl (C=O) groups is 1. The summed E-state index contributed by atoms with van der Waals surface area (Å²) in [6.07, 6.45) is -9.56. The van der Waals surface area contributed by atoms with Crippen molar-refractivity contribution in [1.29, 1.82) is 0 Å². The van der Waals surface area contributed by atoms with Crippen molar-refractivity contribution in [1.82, 2.24) is 9.80 Å². The summed E-state index contributed by atoms with van der Waals surface area (Å²) < 4.78 is 85.3. The smallest absolute Gasteiger partial charge is 0.379 e. The Kier molecular flexibility index (Phi) is 7.36. The molecule has 4 rings (SSSR count). The maximum atomic E-state index is 13.3. The van der Waals surface area contributed by atoms with Crippen LogP contribution < -0.4 is 0 Å². The third-order valence-electron chi connectivity index (χ3n) is 6.52. The maximum Gasteiger partial charge on any atom is 0.416 e. The summed E-state index contributed by atoms with van der Waals surface area (Å²) in [6.45, 7) is 2.78. The van der Waals surface area contributed by atoms with Crippen LogP contribution in [0.3, 0.4) is 0 Å². The van der Waals surface area contributed by atoms with E-state index in [1.165, 1.54) is 4.90 Å². The van der Waals surface area contributed by atoms with Gasteiger partial charge < -0.3 is 9.64 Å². The first-order valence-electron chi connectivity index (χ1n) is 11.1. The molecule has 2 aromatic rings. The molecular weight excluding hydrogens is 498 g/mol. The lowest BCUT2D eigenvalue weighted by molar-refractivity contribution is -0.143. The van der Waals surface area contributed by atoms with Crippen LogP contribution in [0.4, 0.5) is 26.3 Å². The van der Waals surface area contributed by atoms with Crippen molar-refractivity contribution < 1.29 is 35.9 Å². The number of carbonyl (C=O) groups excluding carboxylic acids is 1. The van der Waals surface area contributed by atoms with Crippen LogP contribution in [0.1, 0.15) is 39.4 Å². The molecule has 2 saturated heterocycles. The van der Waals surface area contributed by atoms with Crippen LogP contribution in [0.2, 0.25) is 5.02 Å². The van der Waals surface area contributed by atoms with Gasteiger partial charge in [0.2, 0.25) is 0 Å². The molecule has 2 aliphatic rings. The zero-order valence-corrected chi connectivity index (χ0v) is 19.3. The lowest BCUT2D eigenvalue weighted by Gasteiger charge is -2.45. The number of benzene rings is 2. The average molecular weight is 521 g/mol. The van der Waals surface area contributed by atoms with E-state index in [2.05, 4.69) is 4.90 Å². The molecule has 2 aromatic carbocycles. The molecule has 0 unspecified atom stereocenters. The molecule has 11 heteroatoms. The van der Waals surface area contributed by atoms with Crippen molar-refractivity contribution in [2.45, 2.75) is 30.7 Å². The number of ether oxygens (including phenoxy) is 1. The third-order valence-corrected chi connectivity index (χ3v) is 6.86. The summed E-state index contributed by atoms with van der Waals surface area (Å²) in [5.41, 5.74) is -2.89. The van der Waals surface area contributed by atoms with Crippen LogP contribution >= 0.6 is 11.6 Å². The normalized spacial score (nSPS) is 22.3. The van der Waals surface area contributed by atoms with Crippen molar-refractivity contribution in [3.63, 3.8) is 0 Å². The van der Waals surface area contributed by atoms with Gasteiger partial charge in [0.25, 0.3) is 5.91 Å².